The first-order chi connectivity index (χ1) is 20.0. The molecular formula is C40H56O3. The van der Waals surface area contributed by atoms with Crippen molar-refractivity contribution in [2.24, 2.45) is 10.8 Å². The molecule has 0 aromatic heterocycles. The lowest BCUT2D eigenvalue weighted by atomic mass is 9.70. The normalized spacial score (nSPS) is 26.5. The number of rotatable bonds is 10. The summed E-state index contributed by atoms with van der Waals surface area (Å²) in [5.74, 6) is 0. The summed E-state index contributed by atoms with van der Waals surface area (Å²) in [6, 6.07) is 0. The monoisotopic (exact) mass is 584 g/mol. The van der Waals surface area contributed by atoms with Gasteiger partial charge < -0.3 is 15.3 Å². The van der Waals surface area contributed by atoms with Crippen LogP contribution in [0.3, 0.4) is 0 Å². The number of allylic oxidation sites excluding steroid dienone is 20. The summed E-state index contributed by atoms with van der Waals surface area (Å²) >= 11 is 0. The molecule has 0 saturated carbocycles. The van der Waals surface area contributed by atoms with Gasteiger partial charge in [-0.2, -0.15) is 0 Å². The van der Waals surface area contributed by atoms with Crippen molar-refractivity contribution in [3.63, 3.8) is 0 Å². The summed E-state index contributed by atoms with van der Waals surface area (Å²) in [7, 11) is 0. The standard InChI is InChI=1S/C40H56O3/c1-28(17-13-19-30(3)21-23-35-32(5)25-34(41)26-39(35,7)8)15-11-12-16-29(2)18-14-20-31(4)22-24-36-33(6)38(43)37(42)27-40(36,9)10/h11-24,34,37-38,41-43H,25-27H2,1-10H3/b12-11+,17-13+,18-14+,23-21+,24-22+,28-15+,29-16+,30-19+,31-20+/t34-,37+,38-/m1/s1. The Labute approximate surface area is 262 Å². The van der Waals surface area contributed by atoms with E-state index in [0.717, 1.165) is 35.1 Å². The Morgan fingerprint density at radius 2 is 1.02 bits per heavy atom. The second kappa shape index (κ2) is 16.2. The molecule has 43 heavy (non-hydrogen) atoms. The summed E-state index contributed by atoms with van der Waals surface area (Å²) < 4.78 is 0. The molecule has 2 aliphatic carbocycles. The highest BCUT2D eigenvalue weighted by atomic mass is 16.3. The molecule has 2 rings (SSSR count). The number of aliphatic hydroxyl groups is 3. The Kier molecular flexibility index (Phi) is 13.6. The van der Waals surface area contributed by atoms with Crippen molar-refractivity contribution in [2.45, 2.75) is 107 Å². The summed E-state index contributed by atoms with van der Waals surface area (Å²) in [6.45, 7) is 21.0. The van der Waals surface area contributed by atoms with Gasteiger partial charge in [-0.3, -0.25) is 0 Å². The molecular weight excluding hydrogens is 528 g/mol. The molecule has 0 bridgehead atoms. The van der Waals surface area contributed by atoms with Crippen molar-refractivity contribution >= 4 is 0 Å². The predicted molar refractivity (Wildman–Crippen MR) is 186 cm³/mol. The molecule has 0 aromatic rings. The zero-order valence-corrected chi connectivity index (χ0v) is 28.3. The first-order valence-corrected chi connectivity index (χ1v) is 15.6. The molecule has 3 heteroatoms. The Morgan fingerprint density at radius 3 is 1.51 bits per heavy atom. The van der Waals surface area contributed by atoms with Gasteiger partial charge in [0.05, 0.1) is 12.2 Å². The summed E-state index contributed by atoms with van der Waals surface area (Å²) in [5.41, 5.74) is 9.02. The van der Waals surface area contributed by atoms with Gasteiger partial charge in [-0.05, 0) is 88.4 Å². The van der Waals surface area contributed by atoms with E-state index in [1.807, 2.05) is 6.92 Å². The SMILES string of the molecule is CC1=C(/C=C/C(C)=C/C=C/C(C)=C/C=C/C=C(C)/C=C/C=C(C)/C=C/C2=C(C)[C@@H](O)[C@@H](O)CC2(C)C)C(C)(C)C[C@H](O)C1. The lowest BCUT2D eigenvalue weighted by Crippen LogP contribution is -2.38. The minimum Gasteiger partial charge on any atom is -0.393 e. The van der Waals surface area contributed by atoms with Crippen molar-refractivity contribution in [1.29, 1.82) is 0 Å². The molecule has 2 aliphatic rings. The highest BCUT2D eigenvalue weighted by molar-refractivity contribution is 5.40. The third-order valence-corrected chi connectivity index (χ3v) is 8.45. The molecule has 0 heterocycles. The number of hydrogen-bond donors (Lipinski definition) is 3. The summed E-state index contributed by atoms with van der Waals surface area (Å²) in [4.78, 5) is 0. The van der Waals surface area contributed by atoms with Crippen molar-refractivity contribution in [2.75, 3.05) is 0 Å². The third kappa shape index (κ3) is 11.6. The van der Waals surface area contributed by atoms with Crippen LogP contribution >= 0.6 is 0 Å². The molecule has 0 aromatic carbocycles. The van der Waals surface area contributed by atoms with Crippen LogP contribution in [0, 0.1) is 10.8 Å². The maximum atomic E-state index is 10.3. The fourth-order valence-electron chi connectivity index (χ4n) is 6.03. The Bertz CT molecular complexity index is 1330. The van der Waals surface area contributed by atoms with Gasteiger partial charge in [0.2, 0.25) is 0 Å². The van der Waals surface area contributed by atoms with Crippen molar-refractivity contribution in [1.82, 2.24) is 0 Å². The van der Waals surface area contributed by atoms with E-state index in [1.165, 1.54) is 22.3 Å². The van der Waals surface area contributed by atoms with E-state index < -0.39 is 12.2 Å². The van der Waals surface area contributed by atoms with Crippen molar-refractivity contribution in [3.8, 4) is 0 Å². The minimum absolute atomic E-state index is 0.00247. The summed E-state index contributed by atoms with van der Waals surface area (Å²) in [5, 5.41) is 30.5. The zero-order chi connectivity index (χ0) is 32.4. The van der Waals surface area contributed by atoms with E-state index in [0.29, 0.717) is 6.42 Å². The molecule has 0 spiro atoms. The average molecular weight is 585 g/mol. The third-order valence-electron chi connectivity index (χ3n) is 8.45. The molecule has 0 radical (unpaired) electrons. The maximum Gasteiger partial charge on any atom is 0.101 e. The average Bonchev–Trinajstić information content (AvgIpc) is 2.88. The zero-order valence-electron chi connectivity index (χ0n) is 28.3. The van der Waals surface area contributed by atoms with Crippen LogP contribution in [-0.2, 0) is 0 Å². The van der Waals surface area contributed by atoms with Gasteiger partial charge in [0.15, 0.2) is 0 Å². The molecule has 3 N–H and O–H groups in total. The van der Waals surface area contributed by atoms with E-state index in [9.17, 15) is 15.3 Å². The van der Waals surface area contributed by atoms with E-state index in [2.05, 4.69) is 147 Å². The van der Waals surface area contributed by atoms with Crippen LogP contribution in [0.15, 0.2) is 130 Å². The Balaban J connectivity index is 1.92. The van der Waals surface area contributed by atoms with Gasteiger partial charge >= 0.3 is 0 Å². The van der Waals surface area contributed by atoms with Gasteiger partial charge in [-0.25, -0.2) is 0 Å². The smallest absolute Gasteiger partial charge is 0.101 e. The second-order valence-corrected chi connectivity index (χ2v) is 13.7. The van der Waals surface area contributed by atoms with Gasteiger partial charge in [0.25, 0.3) is 0 Å². The largest absolute Gasteiger partial charge is 0.393 e. The first-order valence-electron chi connectivity index (χ1n) is 15.6. The molecule has 0 amide bonds. The van der Waals surface area contributed by atoms with Crippen LogP contribution in [-0.4, -0.2) is 33.6 Å². The topological polar surface area (TPSA) is 60.7 Å². The molecule has 0 aliphatic heterocycles. The lowest BCUT2D eigenvalue weighted by molar-refractivity contribution is 0.00686. The molecule has 3 nitrogen and oxygen atoms in total. The van der Waals surface area contributed by atoms with Gasteiger partial charge in [-0.1, -0.05) is 141 Å². The fourth-order valence-corrected chi connectivity index (χ4v) is 6.03. The van der Waals surface area contributed by atoms with Crippen molar-refractivity contribution < 1.29 is 15.3 Å². The molecule has 0 saturated heterocycles. The van der Waals surface area contributed by atoms with Crippen LogP contribution in [0.4, 0.5) is 0 Å². The summed E-state index contributed by atoms with van der Waals surface area (Å²) in [6.07, 6.45) is 29.8. The maximum absolute atomic E-state index is 10.3. The predicted octanol–water partition coefficient (Wildman–Crippen LogP) is 9.52. The molecule has 234 valence electrons. The highest BCUT2D eigenvalue weighted by Gasteiger charge is 2.36. The van der Waals surface area contributed by atoms with E-state index in [-0.39, 0.29) is 16.9 Å². The van der Waals surface area contributed by atoms with Crippen LogP contribution in [0.2, 0.25) is 0 Å². The lowest BCUT2D eigenvalue weighted by Gasteiger charge is -2.38. The first kappa shape index (κ1) is 36.2. The van der Waals surface area contributed by atoms with Crippen LogP contribution in [0.1, 0.15) is 88.5 Å². The van der Waals surface area contributed by atoms with Gasteiger partial charge in [-0.15, -0.1) is 0 Å². The minimum atomic E-state index is -0.792. The van der Waals surface area contributed by atoms with Crippen LogP contribution < -0.4 is 0 Å². The highest BCUT2D eigenvalue weighted by Crippen LogP contribution is 2.42. The molecule has 0 unspecified atom stereocenters. The quantitative estimate of drug-likeness (QED) is 0.224. The van der Waals surface area contributed by atoms with E-state index in [4.69, 9.17) is 0 Å². The van der Waals surface area contributed by atoms with Crippen molar-refractivity contribution in [3.05, 3.63) is 130 Å². The van der Waals surface area contributed by atoms with Gasteiger partial charge in [0, 0.05) is 0 Å². The van der Waals surface area contributed by atoms with Gasteiger partial charge in [0.1, 0.15) is 6.10 Å². The Hall–Kier alpha value is -2.98. The van der Waals surface area contributed by atoms with Crippen LogP contribution in [0.5, 0.6) is 0 Å². The number of hydrogen-bond acceptors (Lipinski definition) is 3. The van der Waals surface area contributed by atoms with E-state index in [1.54, 1.807) is 0 Å². The van der Waals surface area contributed by atoms with Crippen LogP contribution in [0.25, 0.3) is 0 Å². The van der Waals surface area contributed by atoms with E-state index >= 15 is 0 Å². The Morgan fingerprint density at radius 1 is 0.605 bits per heavy atom. The fraction of sp³-hybridized carbons (Fsp3) is 0.450. The molecule has 0 fully saturated rings. The number of aliphatic hydroxyl groups excluding tert-OH is 3. The second-order valence-electron chi connectivity index (χ2n) is 13.7. The molecule has 3 atom stereocenters.